The first-order valence-corrected chi connectivity index (χ1v) is 4.98. The van der Waals surface area contributed by atoms with Crippen LogP contribution in [0.4, 0.5) is 0 Å². The standard InChI is InChI=1S/C13H9NO2/c1-4-10(11-5-2-8-15-11)13(14-7-1)12-6-3-9-16-12/h1-9H. The molecule has 16 heavy (non-hydrogen) atoms. The fourth-order valence-corrected chi connectivity index (χ4v) is 1.65. The van der Waals surface area contributed by atoms with Gasteiger partial charge < -0.3 is 8.83 Å². The molecule has 0 amide bonds. The molecule has 0 bridgehead atoms. The summed E-state index contributed by atoms with van der Waals surface area (Å²) < 4.78 is 10.7. The molecule has 0 aliphatic carbocycles. The van der Waals surface area contributed by atoms with E-state index < -0.39 is 0 Å². The molecule has 0 radical (unpaired) electrons. The average Bonchev–Trinajstić information content (AvgIpc) is 3.03. The van der Waals surface area contributed by atoms with Gasteiger partial charge in [0.2, 0.25) is 0 Å². The van der Waals surface area contributed by atoms with Crippen molar-refractivity contribution in [3.63, 3.8) is 0 Å². The minimum Gasteiger partial charge on any atom is -0.464 e. The molecule has 0 atom stereocenters. The maximum absolute atomic E-state index is 5.38. The van der Waals surface area contributed by atoms with Crippen LogP contribution in [0.2, 0.25) is 0 Å². The van der Waals surface area contributed by atoms with E-state index in [9.17, 15) is 0 Å². The monoisotopic (exact) mass is 211 g/mol. The van der Waals surface area contributed by atoms with Crippen LogP contribution in [0.1, 0.15) is 0 Å². The minimum atomic E-state index is 0.743. The van der Waals surface area contributed by atoms with Gasteiger partial charge >= 0.3 is 0 Å². The third kappa shape index (κ3) is 1.42. The fraction of sp³-hybridized carbons (Fsp3) is 0. The molecule has 0 N–H and O–H groups in total. The van der Waals surface area contributed by atoms with E-state index in [1.807, 2.05) is 36.4 Å². The number of rotatable bonds is 2. The molecule has 3 heteroatoms. The van der Waals surface area contributed by atoms with Crippen molar-refractivity contribution in [2.45, 2.75) is 0 Å². The Balaban J connectivity index is 2.19. The van der Waals surface area contributed by atoms with Gasteiger partial charge in [0.25, 0.3) is 0 Å². The van der Waals surface area contributed by atoms with E-state index in [2.05, 4.69) is 4.98 Å². The topological polar surface area (TPSA) is 39.2 Å². The summed E-state index contributed by atoms with van der Waals surface area (Å²) in [5.74, 6) is 1.53. The van der Waals surface area contributed by atoms with Crippen LogP contribution >= 0.6 is 0 Å². The second-order valence-electron chi connectivity index (χ2n) is 3.35. The lowest BCUT2D eigenvalue weighted by Gasteiger charge is -2.02. The average molecular weight is 211 g/mol. The Kier molecular flexibility index (Phi) is 2.07. The smallest absolute Gasteiger partial charge is 0.152 e. The lowest BCUT2D eigenvalue weighted by atomic mass is 10.1. The van der Waals surface area contributed by atoms with Crippen molar-refractivity contribution < 1.29 is 8.83 Å². The van der Waals surface area contributed by atoms with Crippen molar-refractivity contribution in [1.29, 1.82) is 0 Å². The Morgan fingerprint density at radius 2 is 1.56 bits per heavy atom. The van der Waals surface area contributed by atoms with Crippen LogP contribution in [-0.2, 0) is 0 Å². The van der Waals surface area contributed by atoms with E-state index in [0.29, 0.717) is 0 Å². The number of hydrogen-bond acceptors (Lipinski definition) is 3. The maximum Gasteiger partial charge on any atom is 0.152 e. The van der Waals surface area contributed by atoms with E-state index in [-0.39, 0.29) is 0 Å². The van der Waals surface area contributed by atoms with Gasteiger partial charge in [-0.05, 0) is 36.4 Å². The zero-order valence-electron chi connectivity index (χ0n) is 8.46. The second kappa shape index (κ2) is 3.70. The van der Waals surface area contributed by atoms with Gasteiger partial charge in [0.15, 0.2) is 5.76 Å². The van der Waals surface area contributed by atoms with Crippen molar-refractivity contribution in [3.8, 4) is 22.8 Å². The molecule has 3 aromatic rings. The van der Waals surface area contributed by atoms with Crippen LogP contribution in [0, 0.1) is 0 Å². The second-order valence-corrected chi connectivity index (χ2v) is 3.35. The van der Waals surface area contributed by atoms with E-state index in [4.69, 9.17) is 8.83 Å². The third-order valence-corrected chi connectivity index (χ3v) is 2.35. The number of nitrogens with zero attached hydrogens (tertiary/aromatic N) is 1. The Labute approximate surface area is 92.4 Å². The SMILES string of the molecule is c1coc(-c2cccnc2-c2ccco2)c1. The highest BCUT2D eigenvalue weighted by Gasteiger charge is 2.11. The summed E-state index contributed by atoms with van der Waals surface area (Å²) in [6, 6.07) is 11.3. The van der Waals surface area contributed by atoms with Crippen LogP contribution in [0.5, 0.6) is 0 Å². The van der Waals surface area contributed by atoms with E-state index in [1.165, 1.54) is 0 Å². The van der Waals surface area contributed by atoms with Gasteiger partial charge in [0.05, 0.1) is 12.5 Å². The number of furan rings is 2. The molecular formula is C13H9NO2. The normalized spacial score (nSPS) is 10.5. The quantitative estimate of drug-likeness (QED) is 0.650. The van der Waals surface area contributed by atoms with Gasteiger partial charge in [-0.25, -0.2) is 0 Å². The van der Waals surface area contributed by atoms with Gasteiger partial charge in [0, 0.05) is 11.8 Å². The first-order chi connectivity index (χ1) is 7.95. The molecule has 0 saturated carbocycles. The summed E-state index contributed by atoms with van der Waals surface area (Å²) >= 11 is 0. The minimum absolute atomic E-state index is 0.743. The lowest BCUT2D eigenvalue weighted by Crippen LogP contribution is -1.85. The molecule has 0 aliphatic heterocycles. The molecule has 0 fully saturated rings. The first kappa shape index (κ1) is 8.97. The summed E-state index contributed by atoms with van der Waals surface area (Å²) in [4.78, 5) is 4.32. The number of pyridine rings is 1. The van der Waals surface area contributed by atoms with Gasteiger partial charge in [-0.2, -0.15) is 0 Å². The van der Waals surface area contributed by atoms with Crippen molar-refractivity contribution in [3.05, 3.63) is 55.1 Å². The fourth-order valence-electron chi connectivity index (χ4n) is 1.65. The Morgan fingerprint density at radius 3 is 2.25 bits per heavy atom. The molecule has 3 rings (SSSR count). The highest BCUT2D eigenvalue weighted by atomic mass is 16.3. The molecule has 0 aliphatic rings. The largest absolute Gasteiger partial charge is 0.464 e. The summed E-state index contributed by atoms with van der Waals surface area (Å²) in [5, 5.41) is 0. The summed E-state index contributed by atoms with van der Waals surface area (Å²) in [7, 11) is 0. The van der Waals surface area contributed by atoms with Crippen molar-refractivity contribution in [2.24, 2.45) is 0 Å². The molecule has 78 valence electrons. The van der Waals surface area contributed by atoms with Gasteiger partial charge in [-0.15, -0.1) is 0 Å². The molecule has 3 aromatic heterocycles. The molecule has 0 saturated heterocycles. The van der Waals surface area contributed by atoms with Gasteiger partial charge in [-0.3, -0.25) is 4.98 Å². The molecule has 0 spiro atoms. The van der Waals surface area contributed by atoms with Crippen molar-refractivity contribution in [1.82, 2.24) is 4.98 Å². The van der Waals surface area contributed by atoms with Gasteiger partial charge in [-0.1, -0.05) is 0 Å². The highest BCUT2D eigenvalue weighted by Crippen LogP contribution is 2.30. The lowest BCUT2D eigenvalue weighted by molar-refractivity contribution is 0.573. The third-order valence-electron chi connectivity index (χ3n) is 2.35. The Morgan fingerprint density at radius 1 is 0.812 bits per heavy atom. The molecule has 3 nitrogen and oxygen atoms in total. The van der Waals surface area contributed by atoms with Crippen LogP contribution in [0.25, 0.3) is 22.8 Å². The zero-order chi connectivity index (χ0) is 10.8. The number of aromatic nitrogens is 1. The molecule has 3 heterocycles. The van der Waals surface area contributed by atoms with Crippen LogP contribution < -0.4 is 0 Å². The van der Waals surface area contributed by atoms with E-state index >= 15 is 0 Å². The summed E-state index contributed by atoms with van der Waals surface area (Å²) in [5.41, 5.74) is 1.73. The zero-order valence-corrected chi connectivity index (χ0v) is 8.46. The first-order valence-electron chi connectivity index (χ1n) is 4.98. The summed E-state index contributed by atoms with van der Waals surface area (Å²) in [6.45, 7) is 0. The maximum atomic E-state index is 5.38. The Bertz CT molecular complexity index is 515. The molecular weight excluding hydrogens is 202 g/mol. The molecule has 0 aromatic carbocycles. The van der Waals surface area contributed by atoms with Crippen LogP contribution in [0.3, 0.4) is 0 Å². The van der Waals surface area contributed by atoms with E-state index in [0.717, 1.165) is 22.8 Å². The van der Waals surface area contributed by atoms with Gasteiger partial charge in [0.1, 0.15) is 11.5 Å². The highest BCUT2D eigenvalue weighted by molar-refractivity contribution is 5.75. The Hall–Kier alpha value is -2.29. The van der Waals surface area contributed by atoms with Crippen LogP contribution in [0.15, 0.2) is 64.0 Å². The van der Waals surface area contributed by atoms with Crippen LogP contribution in [-0.4, -0.2) is 4.98 Å². The predicted molar refractivity (Wildman–Crippen MR) is 59.6 cm³/mol. The van der Waals surface area contributed by atoms with E-state index in [1.54, 1.807) is 18.7 Å². The summed E-state index contributed by atoms with van der Waals surface area (Å²) in [6.07, 6.45) is 5.02. The number of hydrogen-bond donors (Lipinski definition) is 0. The molecule has 0 unspecified atom stereocenters. The van der Waals surface area contributed by atoms with Crippen molar-refractivity contribution in [2.75, 3.05) is 0 Å². The predicted octanol–water partition coefficient (Wildman–Crippen LogP) is 3.60. The van der Waals surface area contributed by atoms with Crippen molar-refractivity contribution >= 4 is 0 Å².